The maximum atomic E-state index is 12.7. The third-order valence-electron chi connectivity index (χ3n) is 5.12. The molecule has 0 aliphatic carbocycles. The average Bonchev–Trinajstić information content (AvgIpc) is 2.71. The van der Waals surface area contributed by atoms with Crippen molar-refractivity contribution in [3.63, 3.8) is 0 Å². The largest absolute Gasteiger partial charge is 0.342 e. The van der Waals surface area contributed by atoms with Gasteiger partial charge in [0.1, 0.15) is 0 Å². The lowest BCUT2D eigenvalue weighted by molar-refractivity contribution is -0.131. The number of aromatic nitrogens is 3. The first-order valence-electron chi connectivity index (χ1n) is 8.86. The second-order valence-corrected chi connectivity index (χ2v) is 6.66. The highest BCUT2D eigenvalue weighted by Crippen LogP contribution is 2.27. The zero-order valence-electron chi connectivity index (χ0n) is 14.4. The summed E-state index contributed by atoms with van der Waals surface area (Å²) < 4.78 is 0. The topological polar surface area (TPSA) is 79.0 Å². The first-order valence-corrected chi connectivity index (χ1v) is 8.86. The van der Waals surface area contributed by atoms with Crippen molar-refractivity contribution in [2.75, 3.05) is 13.1 Å². The van der Waals surface area contributed by atoms with Crippen LogP contribution in [-0.4, -0.2) is 39.1 Å². The van der Waals surface area contributed by atoms with Crippen LogP contribution in [0.25, 0.3) is 10.8 Å². The van der Waals surface area contributed by atoms with Gasteiger partial charge in [0.15, 0.2) is 0 Å². The molecule has 6 nitrogen and oxygen atoms in total. The molecule has 4 rings (SSSR count). The normalized spacial score (nSPS) is 15.3. The molecule has 2 aromatic heterocycles. The first kappa shape index (κ1) is 16.4. The molecule has 1 amide bonds. The van der Waals surface area contributed by atoms with Crippen molar-refractivity contribution in [2.24, 2.45) is 0 Å². The Morgan fingerprint density at radius 1 is 1.08 bits per heavy atom. The lowest BCUT2D eigenvalue weighted by Gasteiger charge is -2.32. The van der Waals surface area contributed by atoms with Crippen LogP contribution in [0.3, 0.4) is 0 Å². The third-order valence-corrected chi connectivity index (χ3v) is 5.12. The van der Waals surface area contributed by atoms with Crippen molar-refractivity contribution >= 4 is 16.7 Å². The van der Waals surface area contributed by atoms with E-state index in [2.05, 4.69) is 27.3 Å². The van der Waals surface area contributed by atoms with Gasteiger partial charge in [-0.3, -0.25) is 14.6 Å². The Morgan fingerprint density at radius 2 is 1.77 bits per heavy atom. The highest BCUT2D eigenvalue weighted by atomic mass is 16.2. The molecule has 1 aliphatic heterocycles. The van der Waals surface area contributed by atoms with E-state index in [0.717, 1.165) is 31.3 Å². The number of benzene rings is 1. The number of hydrogen-bond donors (Lipinski definition) is 1. The van der Waals surface area contributed by atoms with Gasteiger partial charge in [0, 0.05) is 30.9 Å². The van der Waals surface area contributed by atoms with Crippen LogP contribution in [0.1, 0.15) is 30.0 Å². The Balaban J connectivity index is 1.45. The van der Waals surface area contributed by atoms with Crippen LogP contribution in [0, 0.1) is 0 Å². The number of amides is 1. The molecule has 0 unspecified atom stereocenters. The predicted octanol–water partition coefficient (Wildman–Crippen LogP) is 2.27. The van der Waals surface area contributed by atoms with Gasteiger partial charge < -0.3 is 4.90 Å². The maximum absolute atomic E-state index is 12.7. The Morgan fingerprint density at radius 3 is 2.50 bits per heavy atom. The summed E-state index contributed by atoms with van der Waals surface area (Å²) in [5, 5.41) is 7.93. The second-order valence-electron chi connectivity index (χ2n) is 6.66. The van der Waals surface area contributed by atoms with Gasteiger partial charge in [-0.05, 0) is 42.5 Å². The smallest absolute Gasteiger partial charge is 0.272 e. The van der Waals surface area contributed by atoms with E-state index in [-0.39, 0.29) is 17.9 Å². The summed E-state index contributed by atoms with van der Waals surface area (Å²) in [6, 6.07) is 11.4. The molecule has 26 heavy (non-hydrogen) atoms. The number of rotatable bonds is 3. The molecule has 1 fully saturated rings. The number of fused-ring (bicyclic) bond motifs is 1. The summed E-state index contributed by atoms with van der Waals surface area (Å²) in [7, 11) is 0. The molecular formula is C20H20N4O2. The van der Waals surface area contributed by atoms with Gasteiger partial charge in [0.05, 0.1) is 17.5 Å². The van der Waals surface area contributed by atoms with Crippen molar-refractivity contribution in [1.82, 2.24) is 20.1 Å². The molecule has 1 saturated heterocycles. The molecule has 0 spiro atoms. The van der Waals surface area contributed by atoms with Gasteiger partial charge >= 0.3 is 0 Å². The average molecular weight is 348 g/mol. The fourth-order valence-corrected chi connectivity index (χ4v) is 3.66. The number of nitrogens with one attached hydrogen (secondary N) is 1. The number of aromatic amines is 1. The summed E-state index contributed by atoms with van der Waals surface area (Å²) in [5.74, 6) is 0.539. The second kappa shape index (κ2) is 7.07. The van der Waals surface area contributed by atoms with E-state index in [1.807, 2.05) is 35.5 Å². The van der Waals surface area contributed by atoms with Gasteiger partial charge in [0.25, 0.3) is 5.56 Å². The third kappa shape index (κ3) is 3.22. The zero-order valence-corrected chi connectivity index (χ0v) is 14.4. The van der Waals surface area contributed by atoms with E-state index in [0.29, 0.717) is 17.0 Å². The molecule has 0 atom stereocenters. The first-order chi connectivity index (χ1) is 12.7. The Hall–Kier alpha value is -3.02. The standard InChI is InChI=1S/C20H20N4O2/c25-19(13-18-16-3-1-2-4-17(16)20(26)23-22-18)24-11-7-15(8-12-24)14-5-9-21-10-6-14/h1-6,9-10,15H,7-8,11-13H2,(H,23,26). The number of H-pyrrole nitrogens is 1. The Kier molecular flexibility index (Phi) is 4.48. The summed E-state index contributed by atoms with van der Waals surface area (Å²) in [6.45, 7) is 1.49. The minimum Gasteiger partial charge on any atom is -0.342 e. The van der Waals surface area contributed by atoms with E-state index in [4.69, 9.17) is 0 Å². The summed E-state index contributed by atoms with van der Waals surface area (Å²) >= 11 is 0. The van der Waals surface area contributed by atoms with Crippen molar-refractivity contribution in [3.8, 4) is 0 Å². The number of likely N-dealkylation sites (tertiary alicyclic amines) is 1. The molecule has 6 heteroatoms. The van der Waals surface area contributed by atoms with Gasteiger partial charge in [-0.2, -0.15) is 5.10 Å². The molecule has 3 aromatic rings. The number of carbonyl (C=O) groups is 1. The molecule has 0 radical (unpaired) electrons. The zero-order chi connectivity index (χ0) is 17.9. The summed E-state index contributed by atoms with van der Waals surface area (Å²) in [5.41, 5.74) is 1.69. The van der Waals surface area contributed by atoms with Crippen molar-refractivity contribution in [1.29, 1.82) is 0 Å². The maximum Gasteiger partial charge on any atom is 0.272 e. The lowest BCUT2D eigenvalue weighted by atomic mass is 9.90. The Bertz CT molecular complexity index is 976. The number of piperidine rings is 1. The highest BCUT2D eigenvalue weighted by Gasteiger charge is 2.24. The van der Waals surface area contributed by atoms with E-state index in [1.165, 1.54) is 5.56 Å². The summed E-state index contributed by atoms with van der Waals surface area (Å²) in [6.07, 6.45) is 5.75. The van der Waals surface area contributed by atoms with Crippen molar-refractivity contribution < 1.29 is 4.79 Å². The predicted molar refractivity (Wildman–Crippen MR) is 98.9 cm³/mol. The molecule has 3 heterocycles. The van der Waals surface area contributed by atoms with Crippen LogP contribution < -0.4 is 5.56 Å². The van der Waals surface area contributed by atoms with Gasteiger partial charge in [0.2, 0.25) is 5.91 Å². The molecule has 1 aromatic carbocycles. The van der Waals surface area contributed by atoms with Crippen LogP contribution >= 0.6 is 0 Å². The minimum absolute atomic E-state index is 0.0582. The van der Waals surface area contributed by atoms with E-state index in [1.54, 1.807) is 6.07 Å². The summed E-state index contributed by atoms with van der Waals surface area (Å²) in [4.78, 5) is 30.6. The molecule has 132 valence electrons. The van der Waals surface area contributed by atoms with Crippen LogP contribution in [0.5, 0.6) is 0 Å². The molecule has 1 N–H and O–H groups in total. The van der Waals surface area contributed by atoms with Crippen molar-refractivity contribution in [3.05, 3.63) is 70.4 Å². The number of carbonyl (C=O) groups excluding carboxylic acids is 1. The molecule has 0 bridgehead atoms. The number of hydrogen-bond acceptors (Lipinski definition) is 4. The number of nitrogens with zero attached hydrogens (tertiary/aromatic N) is 3. The fourth-order valence-electron chi connectivity index (χ4n) is 3.66. The van der Waals surface area contributed by atoms with E-state index >= 15 is 0 Å². The lowest BCUT2D eigenvalue weighted by Crippen LogP contribution is -2.39. The van der Waals surface area contributed by atoms with Crippen LogP contribution in [-0.2, 0) is 11.2 Å². The van der Waals surface area contributed by atoms with Crippen LogP contribution in [0.4, 0.5) is 0 Å². The molecular weight excluding hydrogens is 328 g/mol. The highest BCUT2D eigenvalue weighted by molar-refractivity contribution is 5.88. The fraction of sp³-hybridized carbons (Fsp3) is 0.300. The van der Waals surface area contributed by atoms with E-state index < -0.39 is 0 Å². The molecule has 1 aliphatic rings. The Labute approximate surface area is 150 Å². The monoisotopic (exact) mass is 348 g/mol. The van der Waals surface area contributed by atoms with Crippen LogP contribution in [0.2, 0.25) is 0 Å². The number of pyridine rings is 1. The minimum atomic E-state index is -0.227. The van der Waals surface area contributed by atoms with Gasteiger partial charge in [-0.25, -0.2) is 5.10 Å². The quantitative estimate of drug-likeness (QED) is 0.787. The van der Waals surface area contributed by atoms with Gasteiger partial charge in [-0.15, -0.1) is 0 Å². The van der Waals surface area contributed by atoms with Gasteiger partial charge in [-0.1, -0.05) is 18.2 Å². The SMILES string of the molecule is O=C(Cc1n[nH]c(=O)c2ccccc12)N1CCC(c2ccncc2)CC1. The molecule has 0 saturated carbocycles. The van der Waals surface area contributed by atoms with Crippen LogP contribution in [0.15, 0.2) is 53.6 Å². The van der Waals surface area contributed by atoms with Crippen molar-refractivity contribution in [2.45, 2.75) is 25.2 Å². The van der Waals surface area contributed by atoms with E-state index in [9.17, 15) is 9.59 Å².